The van der Waals surface area contributed by atoms with Gasteiger partial charge in [0, 0.05) is 22.7 Å². The number of aromatic carboxylic acids is 1. The second-order valence-corrected chi connectivity index (χ2v) is 5.39. The van der Waals surface area contributed by atoms with Gasteiger partial charge in [0.25, 0.3) is 0 Å². The summed E-state index contributed by atoms with van der Waals surface area (Å²) >= 11 is 5.90. The molecule has 0 unspecified atom stereocenters. The van der Waals surface area contributed by atoms with E-state index >= 15 is 0 Å². The lowest BCUT2D eigenvalue weighted by Crippen LogP contribution is -2.01. The molecule has 1 aromatic heterocycles. The molecular formula is C17H14ClNO3. The molecule has 0 amide bonds. The second kappa shape index (κ2) is 6.12. The van der Waals surface area contributed by atoms with Crippen LogP contribution >= 0.6 is 11.6 Å². The van der Waals surface area contributed by atoms with E-state index in [0.717, 1.165) is 22.3 Å². The third-order valence-electron chi connectivity index (χ3n) is 3.36. The third-order valence-corrected chi connectivity index (χ3v) is 3.60. The number of aromatic nitrogens is 1. The van der Waals surface area contributed by atoms with Gasteiger partial charge in [0.1, 0.15) is 5.75 Å². The van der Waals surface area contributed by atoms with E-state index in [0.29, 0.717) is 18.1 Å². The van der Waals surface area contributed by atoms with E-state index in [2.05, 4.69) is 4.98 Å². The summed E-state index contributed by atoms with van der Waals surface area (Å²) in [5.41, 5.74) is 2.09. The summed E-state index contributed by atoms with van der Waals surface area (Å²) in [4.78, 5) is 14.2. The number of fused-ring (bicyclic) bond motifs is 1. The summed E-state index contributed by atoms with van der Waals surface area (Å²) in [6, 6.07) is 14.3. The van der Waals surface area contributed by atoms with Crippen molar-refractivity contribution in [3.63, 3.8) is 0 Å². The number of nitrogens with one attached hydrogen (secondary N) is 1. The van der Waals surface area contributed by atoms with Crippen LogP contribution in [0.3, 0.4) is 0 Å². The standard InChI is InChI=1S/C17H14ClNO3/c18-13-2-1-3-15(10-13)22-7-6-14-8-11-4-5-12(17(20)21)9-16(11)19-14/h1-5,8-10,19H,6-7H2,(H,20,21). The Morgan fingerprint density at radius 3 is 2.82 bits per heavy atom. The largest absolute Gasteiger partial charge is 0.493 e. The molecule has 0 atom stereocenters. The summed E-state index contributed by atoms with van der Waals surface area (Å²) in [5.74, 6) is -0.195. The maximum Gasteiger partial charge on any atom is 0.335 e. The highest BCUT2D eigenvalue weighted by molar-refractivity contribution is 6.30. The average Bonchev–Trinajstić information content (AvgIpc) is 2.89. The molecule has 0 saturated heterocycles. The zero-order valence-corrected chi connectivity index (χ0v) is 12.4. The number of carboxylic acid groups (broad SMARTS) is 1. The van der Waals surface area contributed by atoms with E-state index in [1.54, 1.807) is 30.3 Å². The van der Waals surface area contributed by atoms with Crippen molar-refractivity contribution < 1.29 is 14.6 Å². The topological polar surface area (TPSA) is 62.3 Å². The first-order chi connectivity index (χ1) is 10.6. The van der Waals surface area contributed by atoms with Gasteiger partial charge in [0.05, 0.1) is 12.2 Å². The van der Waals surface area contributed by atoms with Gasteiger partial charge in [-0.1, -0.05) is 23.7 Å². The van der Waals surface area contributed by atoms with Crippen LogP contribution < -0.4 is 4.74 Å². The van der Waals surface area contributed by atoms with Crippen LogP contribution in [0, 0.1) is 0 Å². The molecule has 22 heavy (non-hydrogen) atoms. The van der Waals surface area contributed by atoms with E-state index in [-0.39, 0.29) is 5.56 Å². The van der Waals surface area contributed by atoms with Crippen molar-refractivity contribution in [3.8, 4) is 5.75 Å². The first-order valence-electron chi connectivity index (χ1n) is 6.85. The Hall–Kier alpha value is -2.46. The van der Waals surface area contributed by atoms with Crippen LogP contribution in [0.5, 0.6) is 5.75 Å². The average molecular weight is 316 g/mol. The van der Waals surface area contributed by atoms with Crippen molar-refractivity contribution in [2.45, 2.75) is 6.42 Å². The Labute approximate surface area is 132 Å². The van der Waals surface area contributed by atoms with Gasteiger partial charge in [-0.3, -0.25) is 0 Å². The van der Waals surface area contributed by atoms with Gasteiger partial charge < -0.3 is 14.8 Å². The molecule has 3 aromatic rings. The number of aromatic amines is 1. The molecule has 0 spiro atoms. The maximum absolute atomic E-state index is 11.0. The molecule has 0 fully saturated rings. The van der Waals surface area contributed by atoms with Crippen molar-refractivity contribution in [2.75, 3.05) is 6.61 Å². The molecule has 0 aliphatic rings. The quantitative estimate of drug-likeness (QED) is 0.743. The van der Waals surface area contributed by atoms with Crippen molar-refractivity contribution in [1.29, 1.82) is 0 Å². The third kappa shape index (κ3) is 3.23. The molecular weight excluding hydrogens is 302 g/mol. The van der Waals surface area contributed by atoms with Crippen LogP contribution in [0.4, 0.5) is 0 Å². The van der Waals surface area contributed by atoms with Crippen LogP contribution in [-0.2, 0) is 6.42 Å². The Morgan fingerprint density at radius 2 is 2.05 bits per heavy atom. The molecule has 0 radical (unpaired) electrons. The van der Waals surface area contributed by atoms with Crippen molar-refractivity contribution in [3.05, 3.63) is 64.8 Å². The van der Waals surface area contributed by atoms with E-state index in [9.17, 15) is 4.79 Å². The number of hydrogen-bond donors (Lipinski definition) is 2. The zero-order valence-electron chi connectivity index (χ0n) is 11.7. The van der Waals surface area contributed by atoms with Crippen molar-refractivity contribution in [1.82, 2.24) is 4.98 Å². The smallest absolute Gasteiger partial charge is 0.335 e. The van der Waals surface area contributed by atoms with E-state index < -0.39 is 5.97 Å². The van der Waals surface area contributed by atoms with E-state index in [1.165, 1.54) is 0 Å². The number of benzene rings is 2. The van der Waals surface area contributed by atoms with Gasteiger partial charge in [-0.25, -0.2) is 4.79 Å². The molecule has 0 bridgehead atoms. The van der Waals surface area contributed by atoms with Gasteiger partial charge in [-0.2, -0.15) is 0 Å². The van der Waals surface area contributed by atoms with E-state index in [4.69, 9.17) is 21.4 Å². The number of H-pyrrole nitrogens is 1. The summed E-state index contributed by atoms with van der Waals surface area (Å²) in [5, 5.41) is 10.6. The summed E-state index contributed by atoms with van der Waals surface area (Å²) in [6.45, 7) is 0.513. The minimum atomic E-state index is -0.928. The van der Waals surface area contributed by atoms with Gasteiger partial charge >= 0.3 is 5.97 Å². The Bertz CT molecular complexity index is 826. The molecule has 0 aliphatic carbocycles. The molecule has 0 aliphatic heterocycles. The highest BCUT2D eigenvalue weighted by Crippen LogP contribution is 2.19. The fraction of sp³-hybridized carbons (Fsp3) is 0.118. The molecule has 2 aromatic carbocycles. The predicted octanol–water partition coefficient (Wildman–Crippen LogP) is 4.14. The number of halogens is 1. The van der Waals surface area contributed by atoms with Crippen molar-refractivity contribution in [2.24, 2.45) is 0 Å². The molecule has 2 N–H and O–H groups in total. The molecule has 5 heteroatoms. The first-order valence-corrected chi connectivity index (χ1v) is 7.23. The maximum atomic E-state index is 11.0. The van der Waals surface area contributed by atoms with Crippen LogP contribution in [0.15, 0.2) is 48.5 Å². The lowest BCUT2D eigenvalue weighted by Gasteiger charge is -2.05. The molecule has 1 heterocycles. The summed E-state index contributed by atoms with van der Waals surface area (Å²) < 4.78 is 5.65. The minimum absolute atomic E-state index is 0.274. The molecule has 112 valence electrons. The van der Waals surface area contributed by atoms with Crippen LogP contribution in [0.2, 0.25) is 5.02 Å². The Balaban J connectivity index is 1.68. The fourth-order valence-corrected chi connectivity index (χ4v) is 2.47. The number of rotatable bonds is 5. The van der Waals surface area contributed by atoms with E-state index in [1.807, 2.05) is 18.2 Å². The molecule has 0 saturated carbocycles. The number of ether oxygens (including phenoxy) is 1. The Kier molecular flexibility index (Phi) is 4.02. The predicted molar refractivity (Wildman–Crippen MR) is 85.9 cm³/mol. The zero-order chi connectivity index (χ0) is 15.5. The summed E-state index contributed by atoms with van der Waals surface area (Å²) in [6.07, 6.45) is 0.698. The van der Waals surface area contributed by atoms with Crippen LogP contribution in [0.25, 0.3) is 10.9 Å². The van der Waals surface area contributed by atoms with Gasteiger partial charge in [0.2, 0.25) is 0 Å². The SMILES string of the molecule is O=C(O)c1ccc2cc(CCOc3cccc(Cl)c3)[nH]c2c1. The van der Waals surface area contributed by atoms with Gasteiger partial charge in [-0.05, 0) is 41.8 Å². The monoisotopic (exact) mass is 315 g/mol. The molecule has 3 rings (SSSR count). The highest BCUT2D eigenvalue weighted by Gasteiger charge is 2.06. The normalized spacial score (nSPS) is 10.8. The fourth-order valence-electron chi connectivity index (χ4n) is 2.29. The molecule has 4 nitrogen and oxygen atoms in total. The highest BCUT2D eigenvalue weighted by atomic mass is 35.5. The minimum Gasteiger partial charge on any atom is -0.493 e. The second-order valence-electron chi connectivity index (χ2n) is 4.96. The number of carbonyl (C=O) groups is 1. The lowest BCUT2D eigenvalue weighted by molar-refractivity contribution is 0.0697. The number of hydrogen-bond acceptors (Lipinski definition) is 2. The van der Waals surface area contributed by atoms with Crippen molar-refractivity contribution >= 4 is 28.5 Å². The summed E-state index contributed by atoms with van der Waals surface area (Å²) in [7, 11) is 0. The van der Waals surface area contributed by atoms with Crippen LogP contribution in [-0.4, -0.2) is 22.7 Å². The van der Waals surface area contributed by atoms with Gasteiger partial charge in [0.15, 0.2) is 0 Å². The first kappa shape index (κ1) is 14.5. The lowest BCUT2D eigenvalue weighted by atomic mass is 10.1. The van der Waals surface area contributed by atoms with Crippen LogP contribution in [0.1, 0.15) is 16.1 Å². The van der Waals surface area contributed by atoms with Gasteiger partial charge in [-0.15, -0.1) is 0 Å². The number of carboxylic acids is 1. The Morgan fingerprint density at radius 1 is 1.18 bits per heavy atom.